The largest absolute Gasteiger partial charge is 0.391 e. The molecule has 13 unspecified atom stereocenters. The van der Waals surface area contributed by atoms with Gasteiger partial charge in [-0.3, -0.25) is 4.90 Å². The Morgan fingerprint density at radius 2 is 1.58 bits per heavy atom. The van der Waals surface area contributed by atoms with Gasteiger partial charge < -0.3 is 56.2 Å². The first kappa shape index (κ1) is 41.2. The van der Waals surface area contributed by atoms with Crippen molar-refractivity contribution in [1.82, 2.24) is 10.2 Å². The van der Waals surface area contributed by atoms with Crippen LogP contribution in [-0.2, 0) is 18.9 Å². The first-order valence-corrected chi connectivity index (χ1v) is 17.7. The van der Waals surface area contributed by atoms with Crippen molar-refractivity contribution < 1.29 is 39.4 Å². The van der Waals surface area contributed by atoms with E-state index >= 15 is 0 Å². The van der Waals surface area contributed by atoms with Gasteiger partial charge in [0.2, 0.25) is 0 Å². The van der Waals surface area contributed by atoms with Crippen LogP contribution >= 0.6 is 0 Å². The summed E-state index contributed by atoms with van der Waals surface area (Å²) >= 11 is 0. The molecule has 2 heterocycles. The monoisotopic (exact) mass is 682 g/mol. The van der Waals surface area contributed by atoms with Gasteiger partial charge in [0.1, 0.15) is 30.0 Å². The molecule has 9 N–H and O–H groups in total. The predicted octanol–water partition coefficient (Wildman–Crippen LogP) is 1.84. The molecule has 0 bridgehead atoms. The van der Waals surface area contributed by atoms with E-state index in [-0.39, 0.29) is 12.6 Å². The Morgan fingerprint density at radius 3 is 2.21 bits per heavy atom. The Morgan fingerprint density at radius 1 is 0.958 bits per heavy atom. The van der Waals surface area contributed by atoms with E-state index in [1.165, 1.54) is 16.7 Å². The average Bonchev–Trinajstić information content (AvgIpc) is 3.00. The Balaban J connectivity index is 1.75. The second kappa shape index (κ2) is 18.8. The van der Waals surface area contributed by atoms with Crippen LogP contribution in [0.25, 0.3) is 0 Å². The van der Waals surface area contributed by atoms with Crippen LogP contribution in [-0.4, -0.2) is 132 Å². The summed E-state index contributed by atoms with van der Waals surface area (Å²) in [6, 6.07) is -2.11. The molecule has 1 aliphatic carbocycles. The number of aliphatic hydroxyl groups excluding tert-OH is 3. The molecule has 0 aromatic rings. The Bertz CT molecular complexity index is 1080. The van der Waals surface area contributed by atoms with Gasteiger partial charge in [0.25, 0.3) is 0 Å². The van der Waals surface area contributed by atoms with Gasteiger partial charge in [0.05, 0.1) is 30.9 Å². The van der Waals surface area contributed by atoms with Gasteiger partial charge in [-0.25, -0.2) is 0 Å². The van der Waals surface area contributed by atoms with Gasteiger partial charge in [-0.1, -0.05) is 34.9 Å². The molecule has 13 atom stereocenters. The van der Waals surface area contributed by atoms with Crippen LogP contribution in [0.2, 0.25) is 0 Å². The molecule has 0 radical (unpaired) electrons. The molecule has 3 fully saturated rings. The SMILES string of the molecule is CNC1C(O)C(OC2C(O)C(OC3OC(C(C)O)CCC3N)C(N)CC2N(C)C/C=C(\C)CC/C=C(\C)CCC=C(C)C)OCC1(C)O. The molecule has 3 aliphatic rings. The van der Waals surface area contributed by atoms with E-state index in [2.05, 4.69) is 56.1 Å². The number of hydrogen-bond acceptors (Lipinski definition) is 12. The Labute approximate surface area is 288 Å². The van der Waals surface area contributed by atoms with Crippen LogP contribution in [0.4, 0.5) is 0 Å². The number of nitrogens with one attached hydrogen (secondary N) is 1. The van der Waals surface area contributed by atoms with Gasteiger partial charge in [0, 0.05) is 18.6 Å². The zero-order chi connectivity index (χ0) is 35.8. The van der Waals surface area contributed by atoms with Crippen LogP contribution in [0, 0.1) is 0 Å². The van der Waals surface area contributed by atoms with Crippen molar-refractivity contribution >= 4 is 0 Å². The molecule has 12 heteroatoms. The van der Waals surface area contributed by atoms with Crippen LogP contribution in [0.3, 0.4) is 0 Å². The molecule has 278 valence electrons. The molecule has 0 amide bonds. The lowest BCUT2D eigenvalue weighted by molar-refractivity contribution is -0.313. The van der Waals surface area contributed by atoms with E-state index in [0.717, 1.165) is 25.7 Å². The highest BCUT2D eigenvalue weighted by atomic mass is 16.7. The van der Waals surface area contributed by atoms with Gasteiger partial charge >= 0.3 is 0 Å². The Kier molecular flexibility index (Phi) is 16.1. The molecule has 0 aromatic carbocycles. The zero-order valence-electron chi connectivity index (χ0n) is 30.5. The van der Waals surface area contributed by atoms with Crippen molar-refractivity contribution in [2.75, 3.05) is 27.2 Å². The molecule has 48 heavy (non-hydrogen) atoms. The molecule has 0 spiro atoms. The van der Waals surface area contributed by atoms with Crippen molar-refractivity contribution in [2.24, 2.45) is 11.5 Å². The van der Waals surface area contributed by atoms with Crippen LogP contribution in [0.5, 0.6) is 0 Å². The highest BCUT2D eigenvalue weighted by Crippen LogP contribution is 2.34. The summed E-state index contributed by atoms with van der Waals surface area (Å²) in [6.45, 7) is 12.3. The van der Waals surface area contributed by atoms with E-state index in [0.29, 0.717) is 25.8 Å². The lowest BCUT2D eigenvalue weighted by atomic mass is 9.82. The van der Waals surface area contributed by atoms with Gasteiger partial charge in [-0.2, -0.15) is 0 Å². The van der Waals surface area contributed by atoms with Crippen molar-refractivity contribution in [2.45, 2.75) is 165 Å². The number of nitrogens with two attached hydrogens (primary N) is 2. The average molecular weight is 683 g/mol. The number of ether oxygens (including phenoxy) is 4. The fraction of sp³-hybridized carbons (Fsp3) is 0.833. The molecule has 2 aliphatic heterocycles. The topological polar surface area (TPSA) is 185 Å². The van der Waals surface area contributed by atoms with E-state index in [1.54, 1.807) is 20.9 Å². The second-order valence-corrected chi connectivity index (χ2v) is 14.9. The number of hydrogen-bond donors (Lipinski definition) is 7. The summed E-state index contributed by atoms with van der Waals surface area (Å²) in [5.41, 5.74) is 15.7. The summed E-state index contributed by atoms with van der Waals surface area (Å²) in [5, 5.41) is 46.9. The maximum absolute atomic E-state index is 11.9. The van der Waals surface area contributed by atoms with E-state index in [1.807, 2.05) is 7.05 Å². The van der Waals surface area contributed by atoms with E-state index in [4.69, 9.17) is 30.4 Å². The minimum absolute atomic E-state index is 0.0701. The van der Waals surface area contributed by atoms with Crippen LogP contribution < -0.4 is 16.8 Å². The number of allylic oxidation sites excluding steroid dienone is 5. The molecule has 0 aromatic heterocycles. The van der Waals surface area contributed by atoms with Crippen molar-refractivity contribution in [3.05, 3.63) is 34.9 Å². The first-order valence-electron chi connectivity index (χ1n) is 17.7. The lowest BCUT2D eigenvalue weighted by Gasteiger charge is -2.50. The molecular weight excluding hydrogens is 616 g/mol. The van der Waals surface area contributed by atoms with Gasteiger partial charge in [-0.15, -0.1) is 0 Å². The quantitative estimate of drug-likeness (QED) is 0.125. The molecule has 3 rings (SSSR count). The van der Waals surface area contributed by atoms with Crippen molar-refractivity contribution in [3.63, 3.8) is 0 Å². The summed E-state index contributed by atoms with van der Waals surface area (Å²) in [5.74, 6) is 0. The number of likely N-dealkylation sites (N-methyl/N-ethyl adjacent to an activating group) is 2. The standard InChI is InChI=1S/C36H66N4O8/c1-21(2)11-9-12-22(3)13-10-14-23(4)17-18-40(8)27-19-26(38)31(47-34-25(37)15-16-28(46-34)24(5)41)29(42)32(27)48-35-30(43)33(39-7)36(6,44)20-45-35/h11,13,17,24-35,39,41-44H,9-10,12,14-16,18-20,37-38H2,1-8H3/b22-13+,23-17+. The zero-order valence-corrected chi connectivity index (χ0v) is 30.5. The summed E-state index contributed by atoms with van der Waals surface area (Å²) in [4.78, 5) is 2.10. The maximum Gasteiger partial charge on any atom is 0.185 e. The highest BCUT2D eigenvalue weighted by molar-refractivity contribution is 5.08. The minimum Gasteiger partial charge on any atom is -0.391 e. The van der Waals surface area contributed by atoms with Crippen LogP contribution in [0.15, 0.2) is 34.9 Å². The smallest absolute Gasteiger partial charge is 0.185 e. The minimum atomic E-state index is -1.32. The molecule has 12 nitrogen and oxygen atoms in total. The lowest BCUT2D eigenvalue weighted by Crippen LogP contribution is -2.69. The van der Waals surface area contributed by atoms with Crippen LogP contribution in [0.1, 0.15) is 86.5 Å². The molecular formula is C36H66N4O8. The third-order valence-corrected chi connectivity index (χ3v) is 10.1. The molecule has 2 saturated heterocycles. The third kappa shape index (κ3) is 11.4. The summed E-state index contributed by atoms with van der Waals surface area (Å²) < 4.78 is 24.5. The van der Waals surface area contributed by atoms with E-state index < -0.39 is 72.9 Å². The number of rotatable bonds is 15. The Hall–Kier alpha value is -1.26. The number of nitrogens with zero attached hydrogens (tertiary/aromatic N) is 1. The van der Waals surface area contributed by atoms with Gasteiger partial charge in [-0.05, 0) is 101 Å². The normalized spacial score (nSPS) is 39.0. The second-order valence-electron chi connectivity index (χ2n) is 14.9. The van der Waals surface area contributed by atoms with Crippen molar-refractivity contribution in [3.8, 4) is 0 Å². The maximum atomic E-state index is 11.9. The summed E-state index contributed by atoms with van der Waals surface area (Å²) in [6.07, 6.45) is 5.11. The third-order valence-electron chi connectivity index (χ3n) is 10.1. The summed E-state index contributed by atoms with van der Waals surface area (Å²) in [7, 11) is 3.62. The molecule has 1 saturated carbocycles. The van der Waals surface area contributed by atoms with E-state index in [9.17, 15) is 20.4 Å². The van der Waals surface area contributed by atoms with Crippen molar-refractivity contribution in [1.29, 1.82) is 0 Å². The first-order chi connectivity index (χ1) is 22.5. The number of aliphatic hydroxyl groups is 4. The predicted molar refractivity (Wildman–Crippen MR) is 187 cm³/mol. The highest BCUT2D eigenvalue weighted by Gasteiger charge is 2.52. The fourth-order valence-electron chi connectivity index (χ4n) is 6.97. The fourth-order valence-corrected chi connectivity index (χ4v) is 6.97. The van der Waals surface area contributed by atoms with Gasteiger partial charge in [0.15, 0.2) is 12.6 Å².